The summed E-state index contributed by atoms with van der Waals surface area (Å²) in [6.45, 7) is 0.534. The summed E-state index contributed by atoms with van der Waals surface area (Å²) in [6, 6.07) is 24.1. The molecule has 3 aromatic carbocycles. The summed E-state index contributed by atoms with van der Waals surface area (Å²) in [5.41, 5.74) is 2.80. The van der Waals surface area contributed by atoms with Crippen LogP contribution in [0.25, 0.3) is 0 Å². The Morgan fingerprint density at radius 3 is 2.43 bits per heavy atom. The van der Waals surface area contributed by atoms with E-state index in [2.05, 4.69) is 22.2 Å². The van der Waals surface area contributed by atoms with Gasteiger partial charge in [0.15, 0.2) is 0 Å². The first-order valence-corrected chi connectivity index (χ1v) is 11.4. The van der Waals surface area contributed by atoms with Crippen LogP contribution in [0.2, 0.25) is 0 Å². The molecule has 0 aliphatic rings. The highest BCUT2D eigenvalue weighted by Gasteiger charge is 2.11. The van der Waals surface area contributed by atoms with Gasteiger partial charge in [-0.3, -0.25) is 9.52 Å². The zero-order valence-electron chi connectivity index (χ0n) is 16.7. The van der Waals surface area contributed by atoms with E-state index in [9.17, 15) is 13.2 Å². The minimum atomic E-state index is -3.43. The van der Waals surface area contributed by atoms with Crippen LogP contribution in [0.1, 0.15) is 11.1 Å². The third-order valence-electron chi connectivity index (χ3n) is 4.28. The van der Waals surface area contributed by atoms with Gasteiger partial charge in [-0.15, -0.1) is 0 Å². The van der Waals surface area contributed by atoms with E-state index in [0.717, 1.165) is 12.7 Å². The minimum absolute atomic E-state index is 0.0395. The van der Waals surface area contributed by atoms with Crippen LogP contribution in [0.3, 0.4) is 0 Å². The third kappa shape index (κ3) is 6.93. The van der Waals surface area contributed by atoms with Gasteiger partial charge in [0.05, 0.1) is 25.0 Å². The summed E-state index contributed by atoms with van der Waals surface area (Å²) >= 11 is 0. The molecule has 6 nitrogen and oxygen atoms in total. The van der Waals surface area contributed by atoms with Crippen molar-refractivity contribution in [3.8, 4) is 5.75 Å². The van der Waals surface area contributed by atoms with E-state index in [-0.39, 0.29) is 12.3 Å². The number of hydrogen-bond acceptors (Lipinski definition) is 4. The number of nitrogens with one attached hydrogen (secondary N) is 2. The van der Waals surface area contributed by atoms with E-state index >= 15 is 0 Å². The van der Waals surface area contributed by atoms with Crippen LogP contribution in [0.4, 0.5) is 11.4 Å². The first-order valence-electron chi connectivity index (χ1n) is 9.51. The van der Waals surface area contributed by atoms with E-state index in [1.807, 2.05) is 30.3 Å². The zero-order valence-corrected chi connectivity index (χ0v) is 17.5. The summed E-state index contributed by atoms with van der Waals surface area (Å²) in [5.74, 6) is 0.419. The molecule has 0 unspecified atom stereocenters. The fraction of sp³-hybridized carbons (Fsp3) is 0.174. The molecule has 1 amide bonds. The van der Waals surface area contributed by atoms with Gasteiger partial charge in [-0.1, -0.05) is 54.6 Å². The number of benzene rings is 3. The zero-order chi connectivity index (χ0) is 21.4. The number of sulfonamides is 1. The van der Waals surface area contributed by atoms with Crippen LogP contribution in [0.15, 0.2) is 78.9 Å². The molecule has 0 aromatic heterocycles. The van der Waals surface area contributed by atoms with E-state index in [0.29, 0.717) is 29.3 Å². The number of carbonyl (C=O) groups excluding carboxylic acids is 1. The molecule has 3 aromatic rings. The van der Waals surface area contributed by atoms with Crippen molar-refractivity contribution in [2.75, 3.05) is 22.9 Å². The van der Waals surface area contributed by atoms with Crippen molar-refractivity contribution < 1.29 is 17.9 Å². The van der Waals surface area contributed by atoms with E-state index in [4.69, 9.17) is 4.74 Å². The molecule has 0 fully saturated rings. The molecule has 0 bridgehead atoms. The Morgan fingerprint density at radius 1 is 0.933 bits per heavy atom. The monoisotopic (exact) mass is 424 g/mol. The smallest absolute Gasteiger partial charge is 0.229 e. The maximum Gasteiger partial charge on any atom is 0.229 e. The third-order valence-corrected chi connectivity index (χ3v) is 4.87. The van der Waals surface area contributed by atoms with Crippen LogP contribution in [-0.4, -0.2) is 27.2 Å². The van der Waals surface area contributed by atoms with Crippen LogP contribution >= 0.6 is 0 Å². The Hall–Kier alpha value is -3.32. The molecule has 0 radical (unpaired) electrons. The number of amides is 1. The Bertz CT molecular complexity index is 1100. The molecule has 7 heteroatoms. The summed E-state index contributed by atoms with van der Waals surface area (Å²) in [5, 5.41) is 2.83. The van der Waals surface area contributed by atoms with Gasteiger partial charge in [-0.25, -0.2) is 8.42 Å². The largest absolute Gasteiger partial charge is 0.493 e. The number of carbonyl (C=O) groups is 1. The second-order valence-electron chi connectivity index (χ2n) is 6.87. The highest BCUT2D eigenvalue weighted by molar-refractivity contribution is 7.92. The summed E-state index contributed by atoms with van der Waals surface area (Å²) in [4.78, 5) is 12.5. The lowest BCUT2D eigenvalue weighted by atomic mass is 10.1. The molecule has 0 spiro atoms. The average Bonchev–Trinajstić information content (AvgIpc) is 2.69. The first kappa shape index (κ1) is 21.4. The standard InChI is InChI=1S/C23H24N2O4S/c1-30(27,28)25-22-13-6-5-10-19(22)16-23(26)24-20-11-7-12-21(17-20)29-15-14-18-8-3-2-4-9-18/h2-13,17,25H,14-16H2,1H3,(H,24,26). The average molecular weight is 425 g/mol. The highest BCUT2D eigenvalue weighted by Crippen LogP contribution is 2.20. The lowest BCUT2D eigenvalue weighted by Crippen LogP contribution is -2.17. The van der Waals surface area contributed by atoms with Crippen molar-refractivity contribution >= 4 is 27.3 Å². The van der Waals surface area contributed by atoms with Gasteiger partial charge in [0, 0.05) is 18.2 Å². The maximum atomic E-state index is 12.5. The summed E-state index contributed by atoms with van der Waals surface area (Å²) in [6.07, 6.45) is 1.91. The summed E-state index contributed by atoms with van der Waals surface area (Å²) < 4.78 is 31.3. The van der Waals surface area contributed by atoms with Gasteiger partial charge in [0.1, 0.15) is 5.75 Å². The summed E-state index contributed by atoms with van der Waals surface area (Å²) in [7, 11) is -3.43. The van der Waals surface area contributed by atoms with Gasteiger partial charge in [-0.2, -0.15) is 0 Å². The Labute approximate surface area is 177 Å². The van der Waals surface area contributed by atoms with Crippen molar-refractivity contribution in [2.45, 2.75) is 12.8 Å². The predicted octanol–water partition coefficient (Wildman–Crippen LogP) is 3.86. The van der Waals surface area contributed by atoms with E-state index < -0.39 is 10.0 Å². The molecular formula is C23H24N2O4S. The van der Waals surface area contributed by atoms with Crippen molar-refractivity contribution in [1.29, 1.82) is 0 Å². The first-order chi connectivity index (χ1) is 14.4. The molecule has 0 saturated heterocycles. The predicted molar refractivity (Wildman–Crippen MR) is 119 cm³/mol. The molecular weight excluding hydrogens is 400 g/mol. The number of rotatable bonds is 9. The molecule has 0 heterocycles. The van der Waals surface area contributed by atoms with Crippen molar-refractivity contribution in [2.24, 2.45) is 0 Å². The van der Waals surface area contributed by atoms with Crippen molar-refractivity contribution in [3.05, 3.63) is 90.0 Å². The lowest BCUT2D eigenvalue weighted by Gasteiger charge is -2.12. The maximum absolute atomic E-state index is 12.5. The van der Waals surface area contributed by atoms with Crippen LogP contribution in [0, 0.1) is 0 Å². The molecule has 0 saturated carbocycles. The molecule has 0 aliphatic heterocycles. The highest BCUT2D eigenvalue weighted by atomic mass is 32.2. The Balaban J connectivity index is 1.58. The molecule has 3 rings (SSSR count). The Kier molecular flexibility index (Phi) is 7.08. The van der Waals surface area contributed by atoms with Crippen LogP contribution in [-0.2, 0) is 27.7 Å². The van der Waals surface area contributed by atoms with Gasteiger partial charge < -0.3 is 10.1 Å². The normalized spacial score (nSPS) is 11.0. The van der Waals surface area contributed by atoms with E-state index in [1.165, 1.54) is 5.56 Å². The SMILES string of the molecule is CS(=O)(=O)Nc1ccccc1CC(=O)Nc1cccc(OCCc2ccccc2)c1. The molecule has 30 heavy (non-hydrogen) atoms. The van der Waals surface area contributed by atoms with Crippen LogP contribution < -0.4 is 14.8 Å². The van der Waals surface area contributed by atoms with Crippen molar-refractivity contribution in [1.82, 2.24) is 0 Å². The minimum Gasteiger partial charge on any atom is -0.493 e. The topological polar surface area (TPSA) is 84.5 Å². The fourth-order valence-corrected chi connectivity index (χ4v) is 3.55. The molecule has 0 atom stereocenters. The fourth-order valence-electron chi connectivity index (χ4n) is 2.95. The van der Waals surface area contributed by atoms with Gasteiger partial charge in [0.2, 0.25) is 15.9 Å². The number of ether oxygens (including phenoxy) is 1. The molecule has 156 valence electrons. The second kappa shape index (κ2) is 9.93. The van der Waals surface area contributed by atoms with E-state index in [1.54, 1.807) is 36.4 Å². The number of anilines is 2. The molecule has 0 aliphatic carbocycles. The van der Waals surface area contributed by atoms with Gasteiger partial charge >= 0.3 is 0 Å². The lowest BCUT2D eigenvalue weighted by molar-refractivity contribution is -0.115. The van der Waals surface area contributed by atoms with Gasteiger partial charge in [-0.05, 0) is 29.3 Å². The van der Waals surface area contributed by atoms with Crippen LogP contribution in [0.5, 0.6) is 5.75 Å². The van der Waals surface area contributed by atoms with Crippen molar-refractivity contribution in [3.63, 3.8) is 0 Å². The quantitative estimate of drug-likeness (QED) is 0.546. The second-order valence-corrected chi connectivity index (χ2v) is 8.62. The number of para-hydroxylation sites is 1. The number of hydrogen-bond donors (Lipinski definition) is 2. The Morgan fingerprint density at radius 2 is 1.67 bits per heavy atom. The van der Waals surface area contributed by atoms with Gasteiger partial charge in [0.25, 0.3) is 0 Å². The molecule has 2 N–H and O–H groups in total.